The summed E-state index contributed by atoms with van der Waals surface area (Å²) in [6.45, 7) is 3.18. The first-order chi connectivity index (χ1) is 15.0. The van der Waals surface area contributed by atoms with Crippen molar-refractivity contribution < 1.29 is 14.3 Å². The number of aryl methyl sites for hydroxylation is 1. The second kappa shape index (κ2) is 8.93. The van der Waals surface area contributed by atoms with E-state index in [0.29, 0.717) is 35.6 Å². The molecule has 0 bridgehead atoms. The Balaban J connectivity index is 1.58. The number of aromatic nitrogens is 3. The van der Waals surface area contributed by atoms with Crippen LogP contribution < -0.4 is 15.6 Å². The highest BCUT2D eigenvalue weighted by Gasteiger charge is 2.19. The number of rotatable bonds is 7. The van der Waals surface area contributed by atoms with E-state index in [2.05, 4.69) is 10.4 Å². The SMILES string of the molecule is COc1ccccc1-c1cc2n(C)c(C)c(CCC(=O)NC[C@H]3CCCO3)c(=O)n2n1. The van der Waals surface area contributed by atoms with Crippen molar-refractivity contribution in [2.24, 2.45) is 7.05 Å². The molecule has 1 atom stereocenters. The smallest absolute Gasteiger partial charge is 0.277 e. The normalized spacial score (nSPS) is 16.0. The van der Waals surface area contributed by atoms with Crippen LogP contribution in [-0.4, -0.2) is 46.5 Å². The maximum absolute atomic E-state index is 13.2. The van der Waals surface area contributed by atoms with Crippen molar-refractivity contribution in [1.82, 2.24) is 19.5 Å². The van der Waals surface area contributed by atoms with Crippen LogP contribution in [0.25, 0.3) is 16.9 Å². The Hall–Kier alpha value is -3.13. The Morgan fingerprint density at radius 3 is 2.90 bits per heavy atom. The highest BCUT2D eigenvalue weighted by Crippen LogP contribution is 2.29. The van der Waals surface area contributed by atoms with Crippen molar-refractivity contribution in [2.75, 3.05) is 20.3 Å². The fourth-order valence-electron chi connectivity index (χ4n) is 4.05. The maximum Gasteiger partial charge on any atom is 0.277 e. The first-order valence-corrected chi connectivity index (χ1v) is 10.6. The van der Waals surface area contributed by atoms with Gasteiger partial charge < -0.3 is 19.4 Å². The molecular weight excluding hydrogens is 396 g/mol. The number of methoxy groups -OCH3 is 1. The Kier molecular flexibility index (Phi) is 6.08. The van der Waals surface area contributed by atoms with E-state index < -0.39 is 0 Å². The molecule has 1 aliphatic rings. The number of fused-ring (bicyclic) bond motifs is 1. The van der Waals surface area contributed by atoms with E-state index in [0.717, 1.165) is 30.7 Å². The molecule has 0 unspecified atom stereocenters. The van der Waals surface area contributed by atoms with Crippen LogP contribution in [0.3, 0.4) is 0 Å². The van der Waals surface area contributed by atoms with Crippen molar-refractivity contribution in [3.8, 4) is 17.0 Å². The van der Waals surface area contributed by atoms with Gasteiger partial charge in [-0.3, -0.25) is 9.59 Å². The zero-order valence-corrected chi connectivity index (χ0v) is 18.2. The standard InChI is InChI=1S/C23H28N4O4/c1-15-17(10-11-21(28)24-14-16-7-6-12-31-16)23(29)27-22(26(15)2)13-19(25-27)18-8-4-5-9-20(18)30-3/h4-5,8-9,13,16H,6-7,10-12,14H2,1-3H3,(H,24,28)/t16-/m1/s1. The Bertz CT molecular complexity index is 1160. The minimum atomic E-state index is -0.196. The Labute approximate surface area is 180 Å². The van der Waals surface area contributed by atoms with Gasteiger partial charge in [-0.05, 0) is 38.3 Å². The molecule has 0 radical (unpaired) electrons. The van der Waals surface area contributed by atoms with Crippen LogP contribution in [0, 0.1) is 6.92 Å². The van der Waals surface area contributed by atoms with Gasteiger partial charge in [-0.25, -0.2) is 0 Å². The number of hydrogen-bond acceptors (Lipinski definition) is 5. The van der Waals surface area contributed by atoms with Crippen LogP contribution in [0.2, 0.25) is 0 Å². The molecule has 0 saturated carbocycles. The Morgan fingerprint density at radius 1 is 1.35 bits per heavy atom. The predicted octanol–water partition coefficient (Wildman–Crippen LogP) is 2.24. The summed E-state index contributed by atoms with van der Waals surface area (Å²) >= 11 is 0. The number of carbonyl (C=O) groups excluding carboxylic acids is 1. The molecule has 1 N–H and O–H groups in total. The summed E-state index contributed by atoms with van der Waals surface area (Å²) in [5.41, 5.74) is 3.40. The van der Waals surface area contributed by atoms with Gasteiger partial charge in [-0.2, -0.15) is 9.61 Å². The van der Waals surface area contributed by atoms with Crippen molar-refractivity contribution in [3.05, 3.63) is 51.9 Å². The van der Waals surface area contributed by atoms with E-state index in [1.165, 1.54) is 4.52 Å². The van der Waals surface area contributed by atoms with E-state index in [4.69, 9.17) is 9.47 Å². The first kappa shape index (κ1) is 21.1. The van der Waals surface area contributed by atoms with E-state index in [1.807, 2.05) is 48.9 Å². The maximum atomic E-state index is 13.2. The van der Waals surface area contributed by atoms with E-state index in [9.17, 15) is 9.59 Å². The number of benzene rings is 1. The molecule has 1 amide bonds. The van der Waals surface area contributed by atoms with E-state index in [-0.39, 0.29) is 24.0 Å². The molecule has 2 aromatic heterocycles. The third-order valence-corrected chi connectivity index (χ3v) is 5.96. The highest BCUT2D eigenvalue weighted by atomic mass is 16.5. The van der Waals surface area contributed by atoms with Gasteiger partial charge in [0.25, 0.3) is 5.56 Å². The summed E-state index contributed by atoms with van der Waals surface area (Å²) in [5.74, 6) is 0.619. The van der Waals surface area contributed by atoms with E-state index in [1.54, 1.807) is 7.11 Å². The van der Waals surface area contributed by atoms with Crippen molar-refractivity contribution in [2.45, 2.75) is 38.7 Å². The van der Waals surface area contributed by atoms with Crippen LogP contribution in [0.5, 0.6) is 5.75 Å². The van der Waals surface area contributed by atoms with Gasteiger partial charge >= 0.3 is 0 Å². The quantitative estimate of drug-likeness (QED) is 0.629. The molecule has 0 spiro atoms. The second-order valence-electron chi connectivity index (χ2n) is 7.87. The number of hydrogen-bond donors (Lipinski definition) is 1. The van der Waals surface area contributed by atoms with Crippen LogP contribution in [-0.2, 0) is 23.0 Å². The summed E-state index contributed by atoms with van der Waals surface area (Å²) < 4.78 is 14.3. The lowest BCUT2D eigenvalue weighted by molar-refractivity contribution is -0.121. The van der Waals surface area contributed by atoms with Crippen LogP contribution in [0.15, 0.2) is 35.1 Å². The lowest BCUT2D eigenvalue weighted by Crippen LogP contribution is -2.32. The average molecular weight is 425 g/mol. The van der Waals surface area contributed by atoms with Gasteiger partial charge in [-0.1, -0.05) is 12.1 Å². The number of ether oxygens (including phenoxy) is 2. The van der Waals surface area contributed by atoms with Crippen LogP contribution in [0.4, 0.5) is 0 Å². The minimum absolute atomic E-state index is 0.0766. The van der Waals surface area contributed by atoms with Gasteiger partial charge in [0.2, 0.25) is 5.91 Å². The summed E-state index contributed by atoms with van der Waals surface area (Å²) in [7, 11) is 3.51. The zero-order chi connectivity index (χ0) is 22.0. The summed E-state index contributed by atoms with van der Waals surface area (Å²) in [6, 6.07) is 9.46. The molecule has 4 rings (SSSR count). The molecule has 3 heterocycles. The molecule has 3 aromatic rings. The molecule has 31 heavy (non-hydrogen) atoms. The highest BCUT2D eigenvalue weighted by molar-refractivity contribution is 5.76. The lowest BCUT2D eigenvalue weighted by atomic mass is 10.1. The van der Waals surface area contributed by atoms with Crippen molar-refractivity contribution in [1.29, 1.82) is 0 Å². The topological polar surface area (TPSA) is 86.9 Å². The molecule has 1 aliphatic heterocycles. The number of nitrogens with one attached hydrogen (secondary N) is 1. The van der Waals surface area contributed by atoms with Gasteiger partial charge in [0.1, 0.15) is 11.4 Å². The largest absolute Gasteiger partial charge is 0.496 e. The monoisotopic (exact) mass is 424 g/mol. The molecule has 164 valence electrons. The second-order valence-corrected chi connectivity index (χ2v) is 7.87. The molecule has 8 heteroatoms. The van der Waals surface area contributed by atoms with Crippen molar-refractivity contribution >= 4 is 11.6 Å². The number of amides is 1. The number of para-hydroxylation sites is 1. The van der Waals surface area contributed by atoms with E-state index >= 15 is 0 Å². The summed E-state index contributed by atoms with van der Waals surface area (Å²) in [4.78, 5) is 25.5. The molecule has 1 fully saturated rings. The fraction of sp³-hybridized carbons (Fsp3) is 0.435. The van der Waals surface area contributed by atoms with Gasteiger partial charge in [-0.15, -0.1) is 0 Å². The van der Waals surface area contributed by atoms with Gasteiger partial charge in [0.15, 0.2) is 0 Å². The van der Waals surface area contributed by atoms with Gasteiger partial charge in [0, 0.05) is 49.5 Å². The number of nitrogens with zero attached hydrogens (tertiary/aromatic N) is 3. The van der Waals surface area contributed by atoms with Crippen LogP contribution in [0.1, 0.15) is 30.5 Å². The Morgan fingerprint density at radius 2 is 2.16 bits per heavy atom. The summed E-state index contributed by atoms with van der Waals surface area (Å²) in [5, 5.41) is 7.47. The predicted molar refractivity (Wildman–Crippen MR) is 117 cm³/mol. The fourth-order valence-corrected chi connectivity index (χ4v) is 4.05. The first-order valence-electron chi connectivity index (χ1n) is 10.6. The molecule has 1 saturated heterocycles. The minimum Gasteiger partial charge on any atom is -0.496 e. The lowest BCUT2D eigenvalue weighted by Gasteiger charge is -2.13. The molecule has 1 aromatic carbocycles. The zero-order valence-electron chi connectivity index (χ0n) is 18.2. The third kappa shape index (κ3) is 4.20. The average Bonchev–Trinajstić information content (AvgIpc) is 3.46. The van der Waals surface area contributed by atoms with Crippen LogP contribution >= 0.6 is 0 Å². The van der Waals surface area contributed by atoms with Crippen molar-refractivity contribution in [3.63, 3.8) is 0 Å². The number of carbonyl (C=O) groups is 1. The third-order valence-electron chi connectivity index (χ3n) is 5.96. The molecular formula is C23H28N4O4. The molecule has 8 nitrogen and oxygen atoms in total. The molecule has 0 aliphatic carbocycles. The van der Waals surface area contributed by atoms with Gasteiger partial charge in [0.05, 0.1) is 18.9 Å². The summed E-state index contributed by atoms with van der Waals surface area (Å²) in [6.07, 6.45) is 2.72.